The van der Waals surface area contributed by atoms with Crippen molar-refractivity contribution in [3.05, 3.63) is 52.4 Å². The van der Waals surface area contributed by atoms with Gasteiger partial charge in [0.05, 0.1) is 10.7 Å². The van der Waals surface area contributed by atoms with Crippen LogP contribution in [-0.2, 0) is 0 Å². The summed E-state index contributed by atoms with van der Waals surface area (Å²) in [6.45, 7) is 5.18. The van der Waals surface area contributed by atoms with E-state index in [9.17, 15) is 0 Å². The number of fused-ring (bicyclic) bond motifs is 1. The number of aromatic nitrogens is 3. The molecule has 0 N–H and O–H groups in total. The van der Waals surface area contributed by atoms with Crippen LogP contribution >= 0.6 is 11.3 Å². The molecule has 2 fully saturated rings. The molecule has 5 rings (SSSR count). The van der Waals surface area contributed by atoms with Crippen LogP contribution < -0.4 is 0 Å². The van der Waals surface area contributed by atoms with Crippen molar-refractivity contribution >= 4 is 11.3 Å². The highest BCUT2D eigenvalue weighted by Gasteiger charge is 2.46. The van der Waals surface area contributed by atoms with Crippen LogP contribution in [0.25, 0.3) is 10.8 Å². The molecule has 0 unspecified atom stereocenters. The Morgan fingerprint density at radius 3 is 2.77 bits per heavy atom. The average Bonchev–Trinajstić information content (AvgIpc) is 3.39. The third-order valence-electron chi connectivity index (χ3n) is 5.74. The lowest BCUT2D eigenvalue weighted by Crippen LogP contribution is -2.27. The molecule has 0 spiro atoms. The fraction of sp³-hybridized carbons (Fsp3) is 0.450. The smallest absolute Gasteiger partial charge is 0.269 e. The molecule has 2 aromatic heterocycles. The first-order valence-corrected chi connectivity index (χ1v) is 10.1. The van der Waals surface area contributed by atoms with E-state index in [4.69, 9.17) is 9.51 Å². The number of aryl methyl sites for hydroxylation is 2. The Labute approximate surface area is 157 Å². The molecule has 5 nitrogen and oxygen atoms in total. The lowest BCUT2D eigenvalue weighted by molar-refractivity contribution is 0.243. The quantitative estimate of drug-likeness (QED) is 0.683. The van der Waals surface area contributed by atoms with Crippen molar-refractivity contribution in [1.29, 1.82) is 0 Å². The highest BCUT2D eigenvalue weighted by atomic mass is 32.1. The first-order valence-electron chi connectivity index (χ1n) is 9.29. The second-order valence-electron chi connectivity index (χ2n) is 7.32. The van der Waals surface area contributed by atoms with Gasteiger partial charge in [0.15, 0.2) is 5.82 Å². The van der Waals surface area contributed by atoms with Crippen LogP contribution in [0, 0.1) is 13.8 Å². The van der Waals surface area contributed by atoms with Gasteiger partial charge in [-0.2, -0.15) is 4.98 Å². The Morgan fingerprint density at radius 2 is 2.00 bits per heavy atom. The van der Waals surface area contributed by atoms with E-state index in [0.717, 1.165) is 27.8 Å². The summed E-state index contributed by atoms with van der Waals surface area (Å²) in [6, 6.07) is 11.8. The Morgan fingerprint density at radius 1 is 1.15 bits per heavy atom. The Balaban J connectivity index is 1.46. The molecular weight excluding hydrogens is 344 g/mol. The van der Waals surface area contributed by atoms with Gasteiger partial charge in [-0.1, -0.05) is 35.5 Å². The molecule has 2 aliphatic heterocycles. The van der Waals surface area contributed by atoms with Crippen LogP contribution in [-0.4, -0.2) is 32.6 Å². The molecule has 0 bridgehead atoms. The molecule has 2 aliphatic rings. The standard InChI is InChI=1S/C20H22N4OS/c1-12-18(26-13(2)21-12)20-22-19(23-25-20)15-11-17(14-7-4-3-5-8-14)24-10-6-9-16(15)24/h3-5,7-8,15-17H,6,9-11H2,1-2H3/t15-,16+,17-/m1/s1. The van der Waals surface area contributed by atoms with E-state index in [1.165, 1.54) is 24.9 Å². The highest BCUT2D eigenvalue weighted by molar-refractivity contribution is 7.15. The molecule has 0 aliphatic carbocycles. The summed E-state index contributed by atoms with van der Waals surface area (Å²) in [7, 11) is 0. The van der Waals surface area contributed by atoms with Crippen LogP contribution in [0.4, 0.5) is 0 Å². The van der Waals surface area contributed by atoms with Gasteiger partial charge in [0, 0.05) is 18.0 Å². The van der Waals surface area contributed by atoms with Gasteiger partial charge in [0.25, 0.3) is 5.89 Å². The van der Waals surface area contributed by atoms with Crippen molar-refractivity contribution in [2.75, 3.05) is 6.54 Å². The normalized spacial score (nSPS) is 25.7. The van der Waals surface area contributed by atoms with E-state index in [-0.39, 0.29) is 0 Å². The summed E-state index contributed by atoms with van der Waals surface area (Å²) in [5.41, 5.74) is 2.37. The van der Waals surface area contributed by atoms with Crippen LogP contribution in [0.3, 0.4) is 0 Å². The Kier molecular flexibility index (Phi) is 3.90. The van der Waals surface area contributed by atoms with Gasteiger partial charge in [0.2, 0.25) is 0 Å². The SMILES string of the molecule is Cc1nc(C)c(-c2nc([C@@H]3C[C@H](c4ccccc4)N4CCC[C@@H]34)no2)s1. The van der Waals surface area contributed by atoms with E-state index in [0.29, 0.717) is 23.9 Å². The lowest BCUT2D eigenvalue weighted by Gasteiger charge is -2.24. The molecule has 1 aromatic carbocycles. The molecule has 0 saturated carbocycles. The maximum absolute atomic E-state index is 5.64. The fourth-order valence-electron chi connectivity index (χ4n) is 4.65. The Hall–Kier alpha value is -2.05. The largest absolute Gasteiger partial charge is 0.333 e. The molecule has 0 amide bonds. The minimum Gasteiger partial charge on any atom is -0.333 e. The van der Waals surface area contributed by atoms with Crippen molar-refractivity contribution in [3.63, 3.8) is 0 Å². The highest BCUT2D eigenvalue weighted by Crippen LogP contribution is 2.48. The molecule has 2 saturated heterocycles. The van der Waals surface area contributed by atoms with Crippen molar-refractivity contribution in [2.24, 2.45) is 0 Å². The van der Waals surface area contributed by atoms with Gasteiger partial charge in [-0.15, -0.1) is 11.3 Å². The molecule has 4 heterocycles. The van der Waals surface area contributed by atoms with Gasteiger partial charge in [0.1, 0.15) is 4.88 Å². The lowest BCUT2D eigenvalue weighted by atomic mass is 9.94. The maximum Gasteiger partial charge on any atom is 0.269 e. The van der Waals surface area contributed by atoms with Gasteiger partial charge < -0.3 is 4.52 Å². The number of hydrogen-bond donors (Lipinski definition) is 0. The monoisotopic (exact) mass is 366 g/mol. The average molecular weight is 366 g/mol. The number of benzene rings is 1. The molecule has 0 radical (unpaired) electrons. The summed E-state index contributed by atoms with van der Waals surface area (Å²) in [5, 5.41) is 5.41. The van der Waals surface area contributed by atoms with Crippen LogP contribution in [0.15, 0.2) is 34.9 Å². The predicted molar refractivity (Wildman–Crippen MR) is 101 cm³/mol. The van der Waals surface area contributed by atoms with Crippen molar-refractivity contribution in [3.8, 4) is 10.8 Å². The number of thiazole rings is 1. The summed E-state index contributed by atoms with van der Waals surface area (Å²) < 4.78 is 5.64. The van der Waals surface area contributed by atoms with Gasteiger partial charge in [-0.25, -0.2) is 4.98 Å². The van der Waals surface area contributed by atoms with E-state index < -0.39 is 0 Å². The zero-order chi connectivity index (χ0) is 17.7. The third-order valence-corrected chi connectivity index (χ3v) is 6.80. The first kappa shape index (κ1) is 16.1. The first-order chi connectivity index (χ1) is 12.7. The summed E-state index contributed by atoms with van der Waals surface area (Å²) in [5.74, 6) is 1.83. The van der Waals surface area contributed by atoms with E-state index in [1.807, 2.05) is 13.8 Å². The molecule has 3 aromatic rings. The zero-order valence-corrected chi connectivity index (χ0v) is 15.9. The molecule has 6 heteroatoms. The van der Waals surface area contributed by atoms with E-state index >= 15 is 0 Å². The summed E-state index contributed by atoms with van der Waals surface area (Å²) >= 11 is 1.62. The Bertz CT molecular complexity index is 919. The second-order valence-corrected chi connectivity index (χ2v) is 8.52. The maximum atomic E-state index is 5.64. The van der Waals surface area contributed by atoms with Gasteiger partial charge in [-0.3, -0.25) is 4.90 Å². The minimum absolute atomic E-state index is 0.342. The van der Waals surface area contributed by atoms with Crippen LogP contribution in [0.1, 0.15) is 53.3 Å². The van der Waals surface area contributed by atoms with Crippen LogP contribution in [0.5, 0.6) is 0 Å². The molecule has 3 atom stereocenters. The van der Waals surface area contributed by atoms with Gasteiger partial charge in [-0.05, 0) is 45.2 Å². The number of rotatable bonds is 3. The number of hydrogen-bond acceptors (Lipinski definition) is 6. The van der Waals surface area contributed by atoms with Gasteiger partial charge >= 0.3 is 0 Å². The van der Waals surface area contributed by atoms with E-state index in [1.54, 1.807) is 11.3 Å². The zero-order valence-electron chi connectivity index (χ0n) is 15.1. The topological polar surface area (TPSA) is 55.1 Å². The minimum atomic E-state index is 0.342. The molecule has 134 valence electrons. The second kappa shape index (κ2) is 6.28. The number of nitrogens with zero attached hydrogens (tertiary/aromatic N) is 4. The van der Waals surface area contributed by atoms with Crippen molar-refractivity contribution in [2.45, 2.75) is 51.1 Å². The van der Waals surface area contributed by atoms with E-state index in [2.05, 4.69) is 45.4 Å². The predicted octanol–water partition coefficient (Wildman–Crippen LogP) is 4.50. The summed E-state index contributed by atoms with van der Waals surface area (Å²) in [4.78, 5) is 12.9. The molecule has 26 heavy (non-hydrogen) atoms. The summed E-state index contributed by atoms with van der Waals surface area (Å²) in [6.07, 6.45) is 3.53. The fourth-order valence-corrected chi connectivity index (χ4v) is 5.50. The third kappa shape index (κ3) is 2.59. The van der Waals surface area contributed by atoms with Crippen molar-refractivity contribution < 1.29 is 4.52 Å². The van der Waals surface area contributed by atoms with Crippen molar-refractivity contribution in [1.82, 2.24) is 20.0 Å². The molecular formula is C20H22N4OS. The van der Waals surface area contributed by atoms with Crippen LogP contribution in [0.2, 0.25) is 0 Å².